The summed E-state index contributed by atoms with van der Waals surface area (Å²) in [7, 11) is 0. The molecule has 1 amide bonds. The second-order valence-corrected chi connectivity index (χ2v) is 5.71. The van der Waals surface area contributed by atoms with Crippen molar-refractivity contribution in [2.45, 2.75) is 19.8 Å². The summed E-state index contributed by atoms with van der Waals surface area (Å²) in [4.78, 5) is 11.9. The van der Waals surface area contributed by atoms with Gasteiger partial charge in [0.2, 0.25) is 0 Å². The lowest BCUT2D eigenvalue weighted by atomic mass is 10.0. The Kier molecular flexibility index (Phi) is 5.28. The molecule has 0 aliphatic carbocycles. The van der Waals surface area contributed by atoms with E-state index in [-0.39, 0.29) is 12.5 Å². The van der Waals surface area contributed by atoms with Crippen LogP contribution in [0, 0.1) is 0 Å². The van der Waals surface area contributed by atoms with Crippen LogP contribution < -0.4 is 15.8 Å². The number of nitrogens with two attached hydrogens (primary N) is 1. The Bertz CT molecular complexity index is 654. The number of benzene rings is 2. The molecule has 116 valence electrons. The minimum Gasteiger partial charge on any atom is -0.484 e. The second kappa shape index (κ2) is 7.18. The molecule has 0 bridgehead atoms. The highest BCUT2D eigenvalue weighted by Gasteiger charge is 2.07. The summed E-state index contributed by atoms with van der Waals surface area (Å²) in [6.07, 6.45) is 0. The summed E-state index contributed by atoms with van der Waals surface area (Å²) in [6.45, 7) is 4.17. The minimum atomic E-state index is -0.278. The van der Waals surface area contributed by atoms with E-state index in [1.807, 2.05) is 24.3 Å². The first-order valence-electron chi connectivity index (χ1n) is 7.03. The third kappa shape index (κ3) is 4.40. The van der Waals surface area contributed by atoms with E-state index in [2.05, 4.69) is 19.2 Å². The second-order valence-electron chi connectivity index (χ2n) is 5.30. The van der Waals surface area contributed by atoms with Gasteiger partial charge in [0.15, 0.2) is 6.61 Å². The summed E-state index contributed by atoms with van der Waals surface area (Å²) < 4.78 is 5.46. The van der Waals surface area contributed by atoms with Crippen molar-refractivity contribution in [3.05, 3.63) is 53.1 Å². The van der Waals surface area contributed by atoms with E-state index in [0.29, 0.717) is 28.1 Å². The fourth-order valence-corrected chi connectivity index (χ4v) is 2.15. The largest absolute Gasteiger partial charge is 0.484 e. The zero-order chi connectivity index (χ0) is 16.1. The first kappa shape index (κ1) is 16.2. The molecule has 0 radical (unpaired) electrons. The van der Waals surface area contributed by atoms with E-state index >= 15 is 0 Å². The van der Waals surface area contributed by atoms with Gasteiger partial charge in [0.1, 0.15) is 5.75 Å². The van der Waals surface area contributed by atoms with Crippen LogP contribution in [0.25, 0.3) is 0 Å². The molecule has 0 saturated heterocycles. The Hall–Kier alpha value is -2.20. The number of carbonyl (C=O) groups is 1. The van der Waals surface area contributed by atoms with Gasteiger partial charge in [0.05, 0.1) is 10.7 Å². The average Bonchev–Trinajstić information content (AvgIpc) is 2.48. The average molecular weight is 319 g/mol. The molecule has 3 N–H and O–H groups in total. The summed E-state index contributed by atoms with van der Waals surface area (Å²) in [5.74, 6) is 0.840. The molecule has 0 fully saturated rings. The highest BCUT2D eigenvalue weighted by molar-refractivity contribution is 6.34. The van der Waals surface area contributed by atoms with Crippen molar-refractivity contribution in [1.82, 2.24) is 0 Å². The molecule has 2 rings (SSSR count). The van der Waals surface area contributed by atoms with Crippen molar-refractivity contribution >= 4 is 28.9 Å². The Morgan fingerprint density at radius 1 is 1.23 bits per heavy atom. The molecule has 0 atom stereocenters. The molecule has 4 nitrogen and oxygen atoms in total. The van der Waals surface area contributed by atoms with E-state index in [9.17, 15) is 4.79 Å². The lowest BCUT2D eigenvalue weighted by molar-refractivity contribution is -0.118. The lowest BCUT2D eigenvalue weighted by Gasteiger charge is -2.10. The number of hydrogen-bond donors (Lipinski definition) is 2. The summed E-state index contributed by atoms with van der Waals surface area (Å²) in [6, 6.07) is 12.6. The van der Waals surface area contributed by atoms with Crippen molar-refractivity contribution in [2.75, 3.05) is 17.7 Å². The molecule has 5 heteroatoms. The maximum Gasteiger partial charge on any atom is 0.262 e. The van der Waals surface area contributed by atoms with E-state index in [4.69, 9.17) is 22.1 Å². The van der Waals surface area contributed by atoms with Crippen molar-refractivity contribution < 1.29 is 9.53 Å². The topological polar surface area (TPSA) is 64.3 Å². The van der Waals surface area contributed by atoms with Gasteiger partial charge in [-0.25, -0.2) is 0 Å². The van der Waals surface area contributed by atoms with E-state index < -0.39 is 0 Å². The van der Waals surface area contributed by atoms with E-state index in [1.165, 1.54) is 5.56 Å². The predicted octanol–water partition coefficient (Wildman–Crippen LogP) is 4.06. The summed E-state index contributed by atoms with van der Waals surface area (Å²) >= 11 is 6.00. The van der Waals surface area contributed by atoms with Crippen molar-refractivity contribution in [3.63, 3.8) is 0 Å². The number of halogens is 1. The number of rotatable bonds is 5. The molecule has 0 saturated carbocycles. The fraction of sp³-hybridized carbons (Fsp3) is 0.235. The third-order valence-corrected chi connectivity index (χ3v) is 3.50. The first-order valence-corrected chi connectivity index (χ1v) is 7.41. The molecule has 0 aliphatic rings. The van der Waals surface area contributed by atoms with Crippen LogP contribution in [0.5, 0.6) is 5.75 Å². The summed E-state index contributed by atoms with van der Waals surface area (Å²) in [5.41, 5.74) is 7.89. The Balaban J connectivity index is 1.89. The van der Waals surface area contributed by atoms with Crippen LogP contribution in [0.3, 0.4) is 0 Å². The monoisotopic (exact) mass is 318 g/mol. The van der Waals surface area contributed by atoms with Gasteiger partial charge in [-0.15, -0.1) is 0 Å². The molecule has 0 heterocycles. The maximum atomic E-state index is 11.9. The molecule has 0 unspecified atom stereocenters. The predicted molar refractivity (Wildman–Crippen MR) is 90.5 cm³/mol. The highest BCUT2D eigenvalue weighted by Crippen LogP contribution is 2.24. The molecule has 22 heavy (non-hydrogen) atoms. The van der Waals surface area contributed by atoms with Gasteiger partial charge in [0.25, 0.3) is 5.91 Å². The smallest absolute Gasteiger partial charge is 0.262 e. The van der Waals surface area contributed by atoms with Gasteiger partial charge in [0, 0.05) is 5.69 Å². The van der Waals surface area contributed by atoms with Crippen LogP contribution in [0.1, 0.15) is 25.3 Å². The van der Waals surface area contributed by atoms with E-state index in [1.54, 1.807) is 18.2 Å². The SMILES string of the molecule is CC(C)c1ccc(OCC(=O)Nc2ccc(N)cc2Cl)cc1. The molecule has 2 aromatic rings. The normalized spacial score (nSPS) is 10.5. The van der Waals surface area contributed by atoms with E-state index in [0.717, 1.165) is 0 Å². The zero-order valence-corrected chi connectivity index (χ0v) is 13.4. The molecular formula is C17H19ClN2O2. The van der Waals surface area contributed by atoms with Gasteiger partial charge in [-0.2, -0.15) is 0 Å². The van der Waals surface area contributed by atoms with Gasteiger partial charge in [-0.3, -0.25) is 4.79 Å². The summed E-state index contributed by atoms with van der Waals surface area (Å²) in [5, 5.41) is 3.08. The molecule has 0 aromatic heterocycles. The number of carbonyl (C=O) groups excluding carboxylic acids is 1. The van der Waals surface area contributed by atoms with Gasteiger partial charge in [-0.05, 0) is 41.8 Å². The number of anilines is 2. The van der Waals surface area contributed by atoms with Crippen LogP contribution in [-0.2, 0) is 4.79 Å². The first-order chi connectivity index (χ1) is 10.5. The highest BCUT2D eigenvalue weighted by atomic mass is 35.5. The molecule has 0 aliphatic heterocycles. The van der Waals surface area contributed by atoms with Gasteiger partial charge in [-0.1, -0.05) is 37.6 Å². The number of nitrogens with one attached hydrogen (secondary N) is 1. The van der Waals surface area contributed by atoms with Crippen LogP contribution in [0.2, 0.25) is 5.02 Å². The number of hydrogen-bond acceptors (Lipinski definition) is 3. The van der Waals surface area contributed by atoms with Gasteiger partial charge < -0.3 is 15.8 Å². The van der Waals surface area contributed by atoms with Crippen LogP contribution >= 0.6 is 11.6 Å². The molecule has 2 aromatic carbocycles. The standard InChI is InChI=1S/C17H19ClN2O2/c1-11(2)12-3-6-14(7-4-12)22-10-17(21)20-16-8-5-13(19)9-15(16)18/h3-9,11H,10,19H2,1-2H3,(H,20,21). The maximum absolute atomic E-state index is 11.9. The van der Waals surface area contributed by atoms with Crippen LogP contribution in [0.15, 0.2) is 42.5 Å². The number of ether oxygens (including phenoxy) is 1. The minimum absolute atomic E-state index is 0.0816. The van der Waals surface area contributed by atoms with Crippen molar-refractivity contribution in [3.8, 4) is 5.75 Å². The van der Waals surface area contributed by atoms with Crippen LogP contribution in [0.4, 0.5) is 11.4 Å². The fourth-order valence-electron chi connectivity index (χ4n) is 1.92. The van der Waals surface area contributed by atoms with Crippen molar-refractivity contribution in [2.24, 2.45) is 0 Å². The van der Waals surface area contributed by atoms with Crippen molar-refractivity contribution in [1.29, 1.82) is 0 Å². The Morgan fingerprint density at radius 2 is 1.91 bits per heavy atom. The number of nitrogen functional groups attached to an aromatic ring is 1. The Morgan fingerprint density at radius 3 is 2.50 bits per heavy atom. The Labute approximate surface area is 135 Å². The van der Waals surface area contributed by atoms with Gasteiger partial charge >= 0.3 is 0 Å². The quantitative estimate of drug-likeness (QED) is 0.817. The third-order valence-electron chi connectivity index (χ3n) is 3.18. The molecule has 0 spiro atoms. The lowest BCUT2D eigenvalue weighted by Crippen LogP contribution is -2.20. The zero-order valence-electron chi connectivity index (χ0n) is 12.6. The molecular weight excluding hydrogens is 300 g/mol. The number of amides is 1. The van der Waals surface area contributed by atoms with Crippen LogP contribution in [-0.4, -0.2) is 12.5 Å².